The smallest absolute Gasteiger partial charge is 0.181 e. The Morgan fingerprint density at radius 2 is 2.36 bits per heavy atom. The molecular weight excluding hydrogens is 138 g/mol. The van der Waals surface area contributed by atoms with Crippen molar-refractivity contribution < 1.29 is 4.79 Å². The number of carbonyl (C=O) groups is 1. The fourth-order valence-corrected chi connectivity index (χ4v) is 1.000. The number of allylic oxidation sites excluding steroid dienone is 2. The van der Waals surface area contributed by atoms with E-state index in [1.807, 2.05) is 36.4 Å². The molecule has 1 unspecified atom stereocenters. The maximum absolute atomic E-state index is 11.1. The van der Waals surface area contributed by atoms with Crippen LogP contribution in [-0.2, 0) is 4.79 Å². The van der Waals surface area contributed by atoms with Crippen LogP contribution in [0.5, 0.6) is 0 Å². The van der Waals surface area contributed by atoms with Gasteiger partial charge in [-0.15, -0.1) is 0 Å². The highest BCUT2D eigenvalue weighted by molar-refractivity contribution is 5.95. The molecule has 0 spiro atoms. The van der Waals surface area contributed by atoms with Crippen molar-refractivity contribution in [3.8, 4) is 0 Å². The summed E-state index contributed by atoms with van der Waals surface area (Å²) in [5, 5.41) is 0. The summed E-state index contributed by atoms with van der Waals surface area (Å²) in [5.74, 6) is 0.0353. The summed E-state index contributed by atoms with van der Waals surface area (Å²) in [6.07, 6.45) is 8.83. The molecular formula is C9H11NO. The van der Waals surface area contributed by atoms with Gasteiger partial charge in [-0.1, -0.05) is 18.7 Å². The molecule has 58 valence electrons. The van der Waals surface area contributed by atoms with Gasteiger partial charge in [0.15, 0.2) is 5.78 Å². The maximum atomic E-state index is 11.1. The lowest BCUT2D eigenvalue weighted by atomic mass is 10.1. The Hall–Kier alpha value is -1.31. The molecule has 0 N–H and O–H groups in total. The summed E-state index contributed by atoms with van der Waals surface area (Å²) < 4.78 is 0. The third-order valence-corrected chi connectivity index (χ3v) is 1.66. The number of likely N-dealkylation sites (N-methyl/N-ethyl adjacent to an activating group) is 1. The molecule has 0 amide bonds. The highest BCUT2D eigenvalue weighted by Gasteiger charge is 2.15. The second-order valence-electron chi connectivity index (χ2n) is 2.44. The minimum atomic E-state index is -0.155. The Morgan fingerprint density at radius 3 is 2.91 bits per heavy atom. The fourth-order valence-electron chi connectivity index (χ4n) is 1.000. The van der Waals surface area contributed by atoms with Crippen LogP contribution in [0.4, 0.5) is 0 Å². The number of carbonyl (C=O) groups excluding carboxylic acids is 1. The zero-order valence-electron chi connectivity index (χ0n) is 6.53. The molecule has 0 aromatic rings. The van der Waals surface area contributed by atoms with E-state index in [1.165, 1.54) is 6.08 Å². The first-order valence-corrected chi connectivity index (χ1v) is 3.49. The second kappa shape index (κ2) is 3.19. The van der Waals surface area contributed by atoms with Crippen LogP contribution in [-0.4, -0.2) is 23.8 Å². The first-order chi connectivity index (χ1) is 5.25. The largest absolute Gasteiger partial charge is 0.367 e. The molecule has 0 saturated heterocycles. The van der Waals surface area contributed by atoms with Gasteiger partial charge in [0.1, 0.15) is 6.04 Å². The zero-order valence-corrected chi connectivity index (χ0v) is 6.53. The molecule has 0 radical (unpaired) electrons. The van der Waals surface area contributed by atoms with E-state index in [2.05, 4.69) is 6.58 Å². The summed E-state index contributed by atoms with van der Waals surface area (Å²) in [6, 6.07) is -0.155. The molecule has 11 heavy (non-hydrogen) atoms. The summed E-state index contributed by atoms with van der Waals surface area (Å²) in [4.78, 5) is 13.0. The van der Waals surface area contributed by atoms with Gasteiger partial charge in [-0.05, 0) is 18.4 Å². The molecule has 0 fully saturated rings. The zero-order chi connectivity index (χ0) is 8.27. The van der Waals surface area contributed by atoms with E-state index in [-0.39, 0.29) is 11.8 Å². The number of rotatable bonds is 2. The van der Waals surface area contributed by atoms with Crippen molar-refractivity contribution in [3.05, 3.63) is 37.1 Å². The normalized spacial score (nSPS) is 21.9. The highest BCUT2D eigenvalue weighted by Crippen LogP contribution is 2.06. The quantitative estimate of drug-likeness (QED) is 0.548. The first-order valence-electron chi connectivity index (χ1n) is 3.49. The number of ketones is 1. The van der Waals surface area contributed by atoms with Crippen molar-refractivity contribution in [2.45, 2.75) is 6.04 Å². The van der Waals surface area contributed by atoms with Gasteiger partial charge in [0.25, 0.3) is 0 Å². The SMILES string of the molecule is C=CC(=O)C1C=CC=CN1C. The molecule has 1 heterocycles. The van der Waals surface area contributed by atoms with Gasteiger partial charge in [0.2, 0.25) is 0 Å². The monoisotopic (exact) mass is 149 g/mol. The van der Waals surface area contributed by atoms with Crippen molar-refractivity contribution in [2.24, 2.45) is 0 Å². The Bertz CT molecular complexity index is 228. The number of hydrogen-bond donors (Lipinski definition) is 0. The molecule has 0 bridgehead atoms. The predicted molar refractivity (Wildman–Crippen MR) is 45.0 cm³/mol. The predicted octanol–water partition coefficient (Wildman–Crippen LogP) is 1.13. The van der Waals surface area contributed by atoms with Crippen molar-refractivity contribution in [3.63, 3.8) is 0 Å². The average molecular weight is 149 g/mol. The highest BCUT2D eigenvalue weighted by atomic mass is 16.1. The Kier molecular flexibility index (Phi) is 2.26. The van der Waals surface area contributed by atoms with E-state index in [0.29, 0.717) is 0 Å². The average Bonchev–Trinajstić information content (AvgIpc) is 2.04. The van der Waals surface area contributed by atoms with Crippen LogP contribution in [0.1, 0.15) is 0 Å². The van der Waals surface area contributed by atoms with E-state index < -0.39 is 0 Å². The Morgan fingerprint density at radius 1 is 1.64 bits per heavy atom. The number of nitrogens with zero attached hydrogens (tertiary/aromatic N) is 1. The first kappa shape index (κ1) is 7.79. The molecule has 2 nitrogen and oxygen atoms in total. The second-order valence-corrected chi connectivity index (χ2v) is 2.44. The summed E-state index contributed by atoms with van der Waals surface area (Å²) in [5.41, 5.74) is 0. The van der Waals surface area contributed by atoms with Gasteiger partial charge in [0.05, 0.1) is 0 Å². The third-order valence-electron chi connectivity index (χ3n) is 1.66. The van der Waals surface area contributed by atoms with E-state index in [4.69, 9.17) is 0 Å². The van der Waals surface area contributed by atoms with Crippen LogP contribution in [0.3, 0.4) is 0 Å². The van der Waals surface area contributed by atoms with Gasteiger partial charge in [0, 0.05) is 7.05 Å². The van der Waals surface area contributed by atoms with E-state index in [9.17, 15) is 4.79 Å². The standard InChI is InChI=1S/C9H11NO/c1-3-9(11)8-6-4-5-7-10(8)2/h3-8H,1H2,2H3. The van der Waals surface area contributed by atoms with Crippen molar-refractivity contribution in [1.82, 2.24) is 4.90 Å². The van der Waals surface area contributed by atoms with Crippen molar-refractivity contribution >= 4 is 5.78 Å². The minimum absolute atomic E-state index is 0.0353. The number of hydrogen-bond acceptors (Lipinski definition) is 2. The van der Waals surface area contributed by atoms with Crippen LogP contribution in [0.2, 0.25) is 0 Å². The molecule has 2 heteroatoms. The van der Waals surface area contributed by atoms with Crippen LogP contribution in [0, 0.1) is 0 Å². The van der Waals surface area contributed by atoms with E-state index in [0.717, 1.165) is 0 Å². The van der Waals surface area contributed by atoms with Gasteiger partial charge in [-0.3, -0.25) is 4.79 Å². The summed E-state index contributed by atoms with van der Waals surface area (Å²) >= 11 is 0. The summed E-state index contributed by atoms with van der Waals surface area (Å²) in [6.45, 7) is 3.44. The van der Waals surface area contributed by atoms with Gasteiger partial charge >= 0.3 is 0 Å². The maximum Gasteiger partial charge on any atom is 0.181 e. The molecule has 1 atom stereocenters. The lowest BCUT2D eigenvalue weighted by molar-refractivity contribution is -0.117. The van der Waals surface area contributed by atoms with Crippen molar-refractivity contribution in [1.29, 1.82) is 0 Å². The van der Waals surface area contributed by atoms with Gasteiger partial charge in [-0.2, -0.15) is 0 Å². The van der Waals surface area contributed by atoms with E-state index >= 15 is 0 Å². The molecule has 1 aliphatic heterocycles. The van der Waals surface area contributed by atoms with Crippen LogP contribution < -0.4 is 0 Å². The van der Waals surface area contributed by atoms with Gasteiger partial charge in [-0.25, -0.2) is 0 Å². The van der Waals surface area contributed by atoms with Crippen LogP contribution >= 0.6 is 0 Å². The van der Waals surface area contributed by atoms with Gasteiger partial charge < -0.3 is 4.90 Å². The molecule has 0 saturated carbocycles. The topological polar surface area (TPSA) is 20.3 Å². The minimum Gasteiger partial charge on any atom is -0.367 e. The molecule has 0 aliphatic carbocycles. The fraction of sp³-hybridized carbons (Fsp3) is 0.222. The lowest BCUT2D eigenvalue weighted by Crippen LogP contribution is -2.33. The van der Waals surface area contributed by atoms with Crippen molar-refractivity contribution in [2.75, 3.05) is 7.05 Å². The molecule has 0 aromatic heterocycles. The molecule has 0 aromatic carbocycles. The van der Waals surface area contributed by atoms with Crippen LogP contribution in [0.15, 0.2) is 37.1 Å². The summed E-state index contributed by atoms with van der Waals surface area (Å²) in [7, 11) is 1.87. The van der Waals surface area contributed by atoms with Crippen LogP contribution in [0.25, 0.3) is 0 Å². The molecule has 1 aliphatic rings. The molecule has 1 rings (SSSR count). The Labute approximate surface area is 66.5 Å². The van der Waals surface area contributed by atoms with E-state index in [1.54, 1.807) is 0 Å². The Balaban J connectivity index is 2.73. The third kappa shape index (κ3) is 1.58. The lowest BCUT2D eigenvalue weighted by Gasteiger charge is -2.23.